The molecule has 186 valence electrons. The average Bonchev–Trinajstić information content (AvgIpc) is 3.32. The molecular formula is C25H25Cl2FN2O3S2. The van der Waals surface area contributed by atoms with Crippen LogP contribution in [0.4, 0.5) is 4.39 Å². The molecule has 0 radical (unpaired) electrons. The summed E-state index contributed by atoms with van der Waals surface area (Å²) in [5.41, 5.74) is 1.77. The second-order valence-electron chi connectivity index (χ2n) is 8.36. The van der Waals surface area contributed by atoms with Gasteiger partial charge in [0.15, 0.2) is 0 Å². The van der Waals surface area contributed by atoms with Gasteiger partial charge in [-0.2, -0.15) is 4.31 Å². The second-order valence-corrected chi connectivity index (χ2v) is 12.1. The predicted octanol–water partition coefficient (Wildman–Crippen LogP) is 6.16. The third-order valence-electron chi connectivity index (χ3n) is 6.06. The number of hydrogen-bond acceptors (Lipinski definition) is 4. The molecular weight excluding hydrogens is 530 g/mol. The lowest BCUT2D eigenvalue weighted by atomic mass is 9.93. The zero-order valence-corrected chi connectivity index (χ0v) is 22.2. The number of nitrogens with zero attached hydrogens (tertiary/aromatic N) is 2. The van der Waals surface area contributed by atoms with Crippen molar-refractivity contribution < 1.29 is 17.6 Å². The molecule has 0 N–H and O–H groups in total. The largest absolute Gasteiger partial charge is 0.330 e. The molecule has 0 saturated heterocycles. The lowest BCUT2D eigenvalue weighted by Crippen LogP contribution is -2.47. The van der Waals surface area contributed by atoms with Gasteiger partial charge < -0.3 is 4.90 Å². The molecule has 1 unspecified atom stereocenters. The second kappa shape index (κ2) is 11.0. The third-order valence-corrected chi connectivity index (χ3v) is 9.61. The van der Waals surface area contributed by atoms with E-state index in [-0.39, 0.29) is 39.8 Å². The van der Waals surface area contributed by atoms with Crippen molar-refractivity contribution in [3.63, 3.8) is 0 Å². The molecule has 10 heteroatoms. The van der Waals surface area contributed by atoms with Gasteiger partial charge in [0, 0.05) is 23.0 Å². The van der Waals surface area contributed by atoms with Crippen molar-refractivity contribution in [2.75, 3.05) is 19.6 Å². The Labute approximate surface area is 219 Å². The molecule has 3 aromatic rings. The highest BCUT2D eigenvalue weighted by Crippen LogP contribution is 2.38. The van der Waals surface area contributed by atoms with Crippen LogP contribution in [-0.4, -0.2) is 43.2 Å². The fraction of sp³-hybridized carbons (Fsp3) is 0.320. The Morgan fingerprint density at radius 3 is 2.63 bits per heavy atom. The van der Waals surface area contributed by atoms with Crippen molar-refractivity contribution in [3.05, 3.63) is 85.8 Å². The summed E-state index contributed by atoms with van der Waals surface area (Å²) in [6.45, 7) is 2.23. The molecule has 2 heterocycles. The van der Waals surface area contributed by atoms with E-state index in [0.29, 0.717) is 19.4 Å². The van der Waals surface area contributed by atoms with E-state index < -0.39 is 16.1 Å². The Morgan fingerprint density at radius 2 is 1.91 bits per heavy atom. The van der Waals surface area contributed by atoms with Crippen LogP contribution in [0, 0.1) is 5.82 Å². The van der Waals surface area contributed by atoms with Crippen molar-refractivity contribution in [3.8, 4) is 0 Å². The highest BCUT2D eigenvalue weighted by Gasteiger charge is 2.36. The summed E-state index contributed by atoms with van der Waals surface area (Å²) in [5.74, 6) is -0.683. The Bertz CT molecular complexity index is 1310. The molecule has 0 fully saturated rings. The quantitative estimate of drug-likeness (QED) is 0.335. The van der Waals surface area contributed by atoms with Crippen LogP contribution in [0.15, 0.2) is 58.8 Å². The molecule has 0 aliphatic carbocycles. The number of rotatable bonds is 8. The monoisotopic (exact) mass is 554 g/mol. The number of halogens is 3. The number of hydrogen-bond donors (Lipinski definition) is 0. The molecule has 0 saturated carbocycles. The Balaban J connectivity index is 1.67. The maximum Gasteiger partial charge on any atom is 0.245 e. The minimum Gasteiger partial charge on any atom is -0.330 e. The van der Waals surface area contributed by atoms with Gasteiger partial charge in [-0.15, -0.1) is 11.3 Å². The van der Waals surface area contributed by atoms with Crippen molar-refractivity contribution in [1.82, 2.24) is 9.21 Å². The molecule has 1 amide bonds. The smallest absolute Gasteiger partial charge is 0.245 e. The van der Waals surface area contributed by atoms with Crippen LogP contribution in [0.2, 0.25) is 10.0 Å². The van der Waals surface area contributed by atoms with E-state index in [1.54, 1.807) is 28.4 Å². The van der Waals surface area contributed by atoms with Gasteiger partial charge in [-0.3, -0.25) is 4.79 Å². The fourth-order valence-electron chi connectivity index (χ4n) is 4.26. The van der Waals surface area contributed by atoms with Gasteiger partial charge in [-0.25, -0.2) is 12.8 Å². The SMILES string of the molecule is CCCCN(CC(=O)N1CCc2sccc2C1c1ccc(F)cc1)S(=O)(=O)c1cc(Cl)ccc1Cl. The van der Waals surface area contributed by atoms with Gasteiger partial charge in [0.2, 0.25) is 15.9 Å². The van der Waals surface area contributed by atoms with Gasteiger partial charge in [0.1, 0.15) is 10.7 Å². The van der Waals surface area contributed by atoms with Crippen LogP contribution in [0.3, 0.4) is 0 Å². The highest BCUT2D eigenvalue weighted by molar-refractivity contribution is 7.89. The number of unbranched alkanes of at least 4 members (excludes halogenated alkanes) is 1. The number of amides is 1. The summed E-state index contributed by atoms with van der Waals surface area (Å²) < 4.78 is 41.9. The zero-order chi connectivity index (χ0) is 25.2. The van der Waals surface area contributed by atoms with E-state index in [1.807, 2.05) is 18.4 Å². The molecule has 1 atom stereocenters. The zero-order valence-electron chi connectivity index (χ0n) is 19.1. The summed E-state index contributed by atoms with van der Waals surface area (Å²) in [6.07, 6.45) is 2.02. The molecule has 1 aliphatic rings. The lowest BCUT2D eigenvalue weighted by Gasteiger charge is -2.37. The van der Waals surface area contributed by atoms with Crippen LogP contribution in [0.5, 0.6) is 0 Å². The van der Waals surface area contributed by atoms with Crippen LogP contribution >= 0.6 is 34.5 Å². The van der Waals surface area contributed by atoms with Crippen molar-refractivity contribution in [1.29, 1.82) is 0 Å². The van der Waals surface area contributed by atoms with E-state index in [4.69, 9.17) is 23.2 Å². The number of benzene rings is 2. The number of thiophene rings is 1. The molecule has 1 aliphatic heterocycles. The van der Waals surface area contributed by atoms with E-state index in [2.05, 4.69) is 0 Å². The van der Waals surface area contributed by atoms with Crippen molar-refractivity contribution >= 4 is 50.5 Å². The maximum atomic E-state index is 13.7. The maximum absolute atomic E-state index is 13.7. The summed E-state index contributed by atoms with van der Waals surface area (Å²) >= 11 is 13.9. The van der Waals surface area contributed by atoms with Crippen molar-refractivity contribution in [2.45, 2.75) is 37.1 Å². The first-order valence-corrected chi connectivity index (χ1v) is 14.4. The number of fused-ring (bicyclic) bond motifs is 1. The average molecular weight is 556 g/mol. The molecule has 2 aromatic carbocycles. The normalized spacial score (nSPS) is 15.9. The molecule has 4 rings (SSSR count). The topological polar surface area (TPSA) is 57.7 Å². The lowest BCUT2D eigenvalue weighted by molar-refractivity contribution is -0.133. The van der Waals surface area contributed by atoms with Gasteiger partial charge in [0.05, 0.1) is 17.6 Å². The Kier molecular flexibility index (Phi) is 8.18. The minimum absolute atomic E-state index is 0.0495. The first-order valence-electron chi connectivity index (χ1n) is 11.3. The van der Waals surface area contributed by atoms with E-state index in [1.165, 1.54) is 39.5 Å². The summed E-state index contributed by atoms with van der Waals surface area (Å²) in [4.78, 5) is 16.4. The summed E-state index contributed by atoms with van der Waals surface area (Å²) in [6, 6.07) is 11.9. The van der Waals surface area contributed by atoms with Crippen LogP contribution in [-0.2, 0) is 21.2 Å². The van der Waals surface area contributed by atoms with Gasteiger partial charge in [0.25, 0.3) is 0 Å². The fourth-order valence-corrected chi connectivity index (χ4v) is 7.33. The number of carbonyl (C=O) groups excluding carboxylic acids is 1. The first-order chi connectivity index (χ1) is 16.7. The van der Waals surface area contributed by atoms with Gasteiger partial charge in [-0.1, -0.05) is 48.7 Å². The third kappa shape index (κ3) is 5.57. The summed E-state index contributed by atoms with van der Waals surface area (Å²) in [5, 5.41) is 2.27. The van der Waals surface area contributed by atoms with E-state index in [0.717, 1.165) is 17.5 Å². The standard InChI is InChI=1S/C25H25Cl2FN2O3S2/c1-2-3-12-29(35(32,33)23-15-18(26)6-9-21(23)27)16-24(31)30-13-10-22-20(11-14-34-22)25(30)17-4-7-19(28)8-5-17/h4-9,11,14-15,25H,2-3,10,12-13,16H2,1H3. The number of carbonyl (C=O) groups is 1. The van der Waals surface area contributed by atoms with Crippen LogP contribution < -0.4 is 0 Å². The Morgan fingerprint density at radius 1 is 1.17 bits per heavy atom. The van der Waals surface area contributed by atoms with Gasteiger partial charge >= 0.3 is 0 Å². The number of sulfonamides is 1. The minimum atomic E-state index is -4.08. The van der Waals surface area contributed by atoms with Crippen molar-refractivity contribution in [2.24, 2.45) is 0 Å². The van der Waals surface area contributed by atoms with Crippen LogP contribution in [0.25, 0.3) is 0 Å². The first kappa shape index (κ1) is 26.1. The molecule has 5 nitrogen and oxygen atoms in total. The highest BCUT2D eigenvalue weighted by atomic mass is 35.5. The Hall–Kier alpha value is -1.97. The molecule has 0 spiro atoms. The molecule has 35 heavy (non-hydrogen) atoms. The summed E-state index contributed by atoms with van der Waals surface area (Å²) in [7, 11) is -4.08. The van der Waals surface area contributed by atoms with Gasteiger partial charge in [-0.05, 0) is 65.7 Å². The molecule has 1 aromatic heterocycles. The molecule has 0 bridgehead atoms. The van der Waals surface area contributed by atoms with Crippen LogP contribution in [0.1, 0.15) is 41.8 Å². The van der Waals surface area contributed by atoms with E-state index in [9.17, 15) is 17.6 Å². The predicted molar refractivity (Wildman–Crippen MR) is 138 cm³/mol. The van der Waals surface area contributed by atoms with E-state index >= 15 is 0 Å².